The molecule has 1 aliphatic heterocycles. The van der Waals surface area contributed by atoms with Gasteiger partial charge in [0.25, 0.3) is 5.91 Å². The highest BCUT2D eigenvalue weighted by Crippen LogP contribution is 2.27. The predicted molar refractivity (Wildman–Crippen MR) is 97.8 cm³/mol. The summed E-state index contributed by atoms with van der Waals surface area (Å²) in [6.07, 6.45) is 3.47. The number of aromatic nitrogens is 3. The molecule has 0 spiro atoms. The van der Waals surface area contributed by atoms with Crippen LogP contribution in [0, 0.1) is 0 Å². The Morgan fingerprint density at radius 1 is 1.15 bits per heavy atom. The first-order valence-corrected chi connectivity index (χ1v) is 8.75. The van der Waals surface area contributed by atoms with Crippen LogP contribution in [0.1, 0.15) is 34.9 Å². The van der Waals surface area contributed by atoms with Crippen molar-refractivity contribution in [1.29, 1.82) is 0 Å². The third-order valence-corrected chi connectivity index (χ3v) is 4.84. The van der Waals surface area contributed by atoms with E-state index in [1.807, 2.05) is 41.3 Å². The minimum Gasteiger partial charge on any atom is -0.508 e. The zero-order chi connectivity index (χ0) is 17.9. The molecule has 1 aromatic heterocycles. The van der Waals surface area contributed by atoms with Gasteiger partial charge in [-0.05, 0) is 48.2 Å². The van der Waals surface area contributed by atoms with E-state index < -0.39 is 0 Å². The van der Waals surface area contributed by atoms with Crippen molar-refractivity contribution in [1.82, 2.24) is 20.1 Å². The van der Waals surface area contributed by atoms with Crippen LogP contribution in [0.15, 0.2) is 54.9 Å². The number of piperidine rings is 1. The molecule has 3 aromatic rings. The summed E-state index contributed by atoms with van der Waals surface area (Å²) >= 11 is 0. The molecule has 2 N–H and O–H groups in total. The maximum Gasteiger partial charge on any atom is 0.253 e. The van der Waals surface area contributed by atoms with Gasteiger partial charge in [0.15, 0.2) is 0 Å². The number of phenols is 1. The molecule has 6 nitrogen and oxygen atoms in total. The number of hydrogen-bond acceptors (Lipinski definition) is 4. The van der Waals surface area contributed by atoms with Crippen LogP contribution in [-0.2, 0) is 0 Å². The summed E-state index contributed by atoms with van der Waals surface area (Å²) in [5, 5.41) is 16.3. The summed E-state index contributed by atoms with van der Waals surface area (Å²) < 4.78 is 0. The second kappa shape index (κ2) is 7.00. The highest BCUT2D eigenvalue weighted by atomic mass is 16.3. The SMILES string of the molecule is O=C(c1cccc(-c2ccc(O)cc2)c1)N1CCC[C@H](c2ncn[nH]2)C1. The number of amides is 1. The monoisotopic (exact) mass is 348 g/mol. The van der Waals surface area contributed by atoms with Crippen LogP contribution in [0.3, 0.4) is 0 Å². The molecule has 1 fully saturated rings. The van der Waals surface area contributed by atoms with E-state index >= 15 is 0 Å². The molecule has 2 heterocycles. The van der Waals surface area contributed by atoms with E-state index in [4.69, 9.17) is 0 Å². The van der Waals surface area contributed by atoms with Crippen molar-refractivity contribution >= 4 is 5.91 Å². The Morgan fingerprint density at radius 2 is 2.00 bits per heavy atom. The van der Waals surface area contributed by atoms with Gasteiger partial charge in [0.2, 0.25) is 0 Å². The predicted octanol–water partition coefficient (Wildman–Crippen LogP) is 3.20. The second-order valence-electron chi connectivity index (χ2n) is 6.59. The van der Waals surface area contributed by atoms with Crippen molar-refractivity contribution in [3.8, 4) is 16.9 Å². The van der Waals surface area contributed by atoms with Crippen LogP contribution in [-0.4, -0.2) is 44.2 Å². The van der Waals surface area contributed by atoms with Crippen molar-refractivity contribution in [3.05, 3.63) is 66.2 Å². The number of phenolic OH excluding ortho intramolecular Hbond substituents is 1. The van der Waals surface area contributed by atoms with Gasteiger partial charge in [0, 0.05) is 24.6 Å². The molecule has 6 heteroatoms. The minimum atomic E-state index is 0.0369. The Hall–Kier alpha value is -3.15. The maximum absolute atomic E-state index is 13.0. The fraction of sp³-hybridized carbons (Fsp3) is 0.250. The van der Waals surface area contributed by atoms with E-state index in [1.165, 1.54) is 6.33 Å². The number of nitrogens with one attached hydrogen (secondary N) is 1. The van der Waals surface area contributed by atoms with Crippen LogP contribution >= 0.6 is 0 Å². The topological polar surface area (TPSA) is 82.1 Å². The smallest absolute Gasteiger partial charge is 0.253 e. The molecule has 0 saturated carbocycles. The number of benzene rings is 2. The molecular weight excluding hydrogens is 328 g/mol. The Bertz CT molecular complexity index is 890. The van der Waals surface area contributed by atoms with E-state index in [0.29, 0.717) is 12.1 Å². The lowest BCUT2D eigenvalue weighted by Gasteiger charge is -2.31. The standard InChI is InChI=1S/C20H20N4O2/c25-18-8-6-14(7-9-18)15-3-1-4-16(11-15)20(26)24-10-2-5-17(12-24)19-21-13-22-23-19/h1,3-4,6-9,11,13,17,25H,2,5,10,12H2,(H,21,22,23)/t17-/m0/s1. The molecule has 0 aliphatic carbocycles. The Labute approximate surface area is 151 Å². The van der Waals surface area contributed by atoms with Crippen LogP contribution in [0.5, 0.6) is 5.75 Å². The molecule has 1 saturated heterocycles. The average molecular weight is 348 g/mol. The van der Waals surface area contributed by atoms with Gasteiger partial charge >= 0.3 is 0 Å². The van der Waals surface area contributed by atoms with Gasteiger partial charge in [-0.3, -0.25) is 9.89 Å². The lowest BCUT2D eigenvalue weighted by atomic mass is 9.96. The molecule has 1 amide bonds. The molecule has 0 bridgehead atoms. The molecule has 1 aliphatic rings. The third kappa shape index (κ3) is 3.31. The lowest BCUT2D eigenvalue weighted by Crippen LogP contribution is -2.39. The summed E-state index contributed by atoms with van der Waals surface area (Å²) in [4.78, 5) is 19.1. The van der Waals surface area contributed by atoms with Gasteiger partial charge < -0.3 is 10.0 Å². The molecule has 1 atom stereocenters. The van der Waals surface area contributed by atoms with Crippen LogP contribution in [0.4, 0.5) is 0 Å². The van der Waals surface area contributed by atoms with Gasteiger partial charge in [0.05, 0.1) is 0 Å². The quantitative estimate of drug-likeness (QED) is 0.761. The number of carbonyl (C=O) groups excluding carboxylic acids is 1. The van der Waals surface area contributed by atoms with Crippen molar-refractivity contribution in [3.63, 3.8) is 0 Å². The number of H-pyrrole nitrogens is 1. The molecule has 132 valence electrons. The van der Waals surface area contributed by atoms with Crippen LogP contribution in [0.25, 0.3) is 11.1 Å². The molecular formula is C20H20N4O2. The average Bonchev–Trinajstić information content (AvgIpc) is 3.23. The summed E-state index contributed by atoms with van der Waals surface area (Å²) in [5.74, 6) is 1.32. The fourth-order valence-corrected chi connectivity index (χ4v) is 3.46. The zero-order valence-corrected chi connectivity index (χ0v) is 14.3. The number of nitrogens with zero attached hydrogens (tertiary/aromatic N) is 3. The molecule has 0 radical (unpaired) electrons. The Balaban J connectivity index is 1.54. The van der Waals surface area contributed by atoms with E-state index in [1.54, 1.807) is 12.1 Å². The summed E-state index contributed by atoms with van der Waals surface area (Å²) in [7, 11) is 0. The highest BCUT2D eigenvalue weighted by Gasteiger charge is 2.27. The number of likely N-dealkylation sites (tertiary alicyclic amines) is 1. The van der Waals surface area contributed by atoms with E-state index in [2.05, 4.69) is 15.2 Å². The second-order valence-corrected chi connectivity index (χ2v) is 6.59. The third-order valence-electron chi connectivity index (χ3n) is 4.84. The first kappa shape index (κ1) is 16.3. The number of aromatic hydroxyl groups is 1. The fourth-order valence-electron chi connectivity index (χ4n) is 3.46. The van der Waals surface area contributed by atoms with Gasteiger partial charge in [-0.15, -0.1) is 0 Å². The minimum absolute atomic E-state index is 0.0369. The normalized spacial score (nSPS) is 17.2. The summed E-state index contributed by atoms with van der Waals surface area (Å²) in [5.41, 5.74) is 2.60. The van der Waals surface area contributed by atoms with Crippen molar-refractivity contribution in [2.24, 2.45) is 0 Å². The molecule has 0 unspecified atom stereocenters. The van der Waals surface area contributed by atoms with E-state index in [9.17, 15) is 9.90 Å². The zero-order valence-electron chi connectivity index (χ0n) is 14.3. The number of hydrogen-bond donors (Lipinski definition) is 2. The van der Waals surface area contributed by atoms with Crippen molar-refractivity contribution < 1.29 is 9.90 Å². The Morgan fingerprint density at radius 3 is 2.77 bits per heavy atom. The molecule has 2 aromatic carbocycles. The lowest BCUT2D eigenvalue weighted by molar-refractivity contribution is 0.0704. The van der Waals surface area contributed by atoms with Gasteiger partial charge in [-0.2, -0.15) is 5.10 Å². The van der Waals surface area contributed by atoms with Crippen molar-refractivity contribution in [2.45, 2.75) is 18.8 Å². The van der Waals surface area contributed by atoms with Gasteiger partial charge in [-0.1, -0.05) is 24.3 Å². The van der Waals surface area contributed by atoms with Crippen molar-refractivity contribution in [2.75, 3.05) is 13.1 Å². The highest BCUT2D eigenvalue weighted by molar-refractivity contribution is 5.95. The number of carbonyl (C=O) groups is 1. The summed E-state index contributed by atoms with van der Waals surface area (Å²) in [6.45, 7) is 1.41. The maximum atomic E-state index is 13.0. The molecule has 4 rings (SSSR count). The number of aromatic amines is 1. The first-order chi connectivity index (χ1) is 12.7. The first-order valence-electron chi connectivity index (χ1n) is 8.75. The van der Waals surface area contributed by atoms with Crippen LogP contribution in [0.2, 0.25) is 0 Å². The van der Waals surface area contributed by atoms with E-state index in [-0.39, 0.29) is 17.6 Å². The largest absolute Gasteiger partial charge is 0.508 e. The summed E-state index contributed by atoms with van der Waals surface area (Å²) in [6, 6.07) is 14.6. The van der Waals surface area contributed by atoms with Gasteiger partial charge in [0.1, 0.15) is 17.9 Å². The Kier molecular flexibility index (Phi) is 4.39. The number of rotatable bonds is 3. The van der Waals surface area contributed by atoms with Gasteiger partial charge in [-0.25, -0.2) is 4.98 Å². The van der Waals surface area contributed by atoms with Crippen LogP contribution < -0.4 is 0 Å². The molecule has 26 heavy (non-hydrogen) atoms. The van der Waals surface area contributed by atoms with E-state index in [0.717, 1.165) is 36.3 Å².